The van der Waals surface area contributed by atoms with Crippen LogP contribution in [-0.2, 0) is 0 Å². The van der Waals surface area contributed by atoms with Gasteiger partial charge in [0.2, 0.25) is 0 Å². The second-order valence-electron chi connectivity index (χ2n) is 3.19. The maximum Gasteiger partial charge on any atom is 0.314 e. The zero-order chi connectivity index (χ0) is 11.5. The van der Waals surface area contributed by atoms with Crippen molar-refractivity contribution in [1.29, 1.82) is 0 Å². The Bertz CT molecular complexity index is 613. The molecular formula is C11H10N2O3. The highest BCUT2D eigenvalue weighted by atomic mass is 16.5. The largest absolute Gasteiger partial charge is 0.496 e. The van der Waals surface area contributed by atoms with Crippen molar-refractivity contribution in [2.75, 3.05) is 7.11 Å². The molecule has 0 fully saturated rings. The Hall–Kier alpha value is -2.30. The van der Waals surface area contributed by atoms with Crippen LogP contribution in [0.1, 0.15) is 0 Å². The van der Waals surface area contributed by atoms with Crippen LogP contribution in [0.2, 0.25) is 0 Å². The van der Waals surface area contributed by atoms with E-state index < -0.39 is 11.1 Å². The number of methoxy groups -OCH3 is 1. The molecule has 5 nitrogen and oxygen atoms in total. The van der Waals surface area contributed by atoms with Gasteiger partial charge in [0.05, 0.1) is 12.8 Å². The lowest BCUT2D eigenvalue weighted by atomic mass is 10.1. The fourth-order valence-corrected chi connectivity index (χ4v) is 1.43. The van der Waals surface area contributed by atoms with Gasteiger partial charge in [-0.05, 0) is 12.1 Å². The van der Waals surface area contributed by atoms with Gasteiger partial charge in [-0.15, -0.1) is 0 Å². The average Bonchev–Trinajstić information content (AvgIpc) is 2.32. The molecule has 0 aliphatic rings. The summed E-state index contributed by atoms with van der Waals surface area (Å²) in [6.45, 7) is 0. The number of nitrogens with one attached hydrogen (secondary N) is 2. The highest BCUT2D eigenvalue weighted by Gasteiger charge is 2.06. The number of hydrogen-bond donors (Lipinski definition) is 2. The Balaban J connectivity index is 2.63. The molecule has 1 heterocycles. The van der Waals surface area contributed by atoms with Gasteiger partial charge >= 0.3 is 11.1 Å². The quantitative estimate of drug-likeness (QED) is 0.730. The molecule has 0 unspecified atom stereocenters. The summed E-state index contributed by atoms with van der Waals surface area (Å²) in [5.74, 6) is 0.630. The Labute approximate surface area is 90.7 Å². The van der Waals surface area contributed by atoms with Gasteiger partial charge in [0.1, 0.15) is 5.75 Å². The number of rotatable bonds is 2. The Kier molecular flexibility index (Phi) is 2.59. The monoisotopic (exact) mass is 218 g/mol. The smallest absolute Gasteiger partial charge is 0.314 e. The zero-order valence-electron chi connectivity index (χ0n) is 8.61. The van der Waals surface area contributed by atoms with E-state index in [0.29, 0.717) is 11.4 Å². The lowest BCUT2D eigenvalue weighted by Crippen LogP contribution is -2.29. The van der Waals surface area contributed by atoms with Gasteiger partial charge in [0, 0.05) is 11.8 Å². The van der Waals surface area contributed by atoms with Gasteiger partial charge in [-0.1, -0.05) is 12.1 Å². The van der Waals surface area contributed by atoms with E-state index in [1.807, 2.05) is 12.1 Å². The highest BCUT2D eigenvalue weighted by Crippen LogP contribution is 2.26. The van der Waals surface area contributed by atoms with Crippen molar-refractivity contribution in [3.63, 3.8) is 0 Å². The number of ether oxygens (including phenoxy) is 1. The van der Waals surface area contributed by atoms with Gasteiger partial charge in [-0.3, -0.25) is 9.59 Å². The van der Waals surface area contributed by atoms with E-state index in [-0.39, 0.29) is 0 Å². The van der Waals surface area contributed by atoms with E-state index >= 15 is 0 Å². The molecule has 0 aliphatic carbocycles. The van der Waals surface area contributed by atoms with E-state index in [0.717, 1.165) is 5.56 Å². The molecule has 0 amide bonds. The van der Waals surface area contributed by atoms with Crippen LogP contribution in [0.25, 0.3) is 11.3 Å². The van der Waals surface area contributed by atoms with Crippen molar-refractivity contribution in [3.8, 4) is 17.0 Å². The molecule has 0 saturated heterocycles. The van der Waals surface area contributed by atoms with Gasteiger partial charge in [0.25, 0.3) is 0 Å². The summed E-state index contributed by atoms with van der Waals surface area (Å²) < 4.78 is 5.16. The summed E-state index contributed by atoms with van der Waals surface area (Å²) in [4.78, 5) is 26.9. The van der Waals surface area contributed by atoms with Crippen LogP contribution < -0.4 is 15.9 Å². The van der Waals surface area contributed by atoms with E-state index in [2.05, 4.69) is 9.97 Å². The molecule has 0 atom stereocenters. The first kappa shape index (κ1) is 10.2. The van der Waals surface area contributed by atoms with E-state index in [9.17, 15) is 9.59 Å². The number of H-pyrrole nitrogens is 2. The molecule has 16 heavy (non-hydrogen) atoms. The third-order valence-corrected chi connectivity index (χ3v) is 2.20. The van der Waals surface area contributed by atoms with Crippen molar-refractivity contribution in [2.24, 2.45) is 0 Å². The Morgan fingerprint density at radius 1 is 1.12 bits per heavy atom. The standard InChI is InChI=1S/C11H10N2O3/c1-16-9-5-3-2-4-7(9)8-6-12-10(14)11(15)13-8/h2-6H,1H3,(H,12,14)(H,13,15). The number of aromatic nitrogens is 2. The molecule has 2 N–H and O–H groups in total. The zero-order valence-corrected chi connectivity index (χ0v) is 8.61. The molecule has 1 aromatic heterocycles. The van der Waals surface area contributed by atoms with Crippen LogP contribution in [-0.4, -0.2) is 17.1 Å². The van der Waals surface area contributed by atoms with Crippen molar-refractivity contribution in [1.82, 2.24) is 9.97 Å². The summed E-state index contributed by atoms with van der Waals surface area (Å²) in [7, 11) is 1.54. The van der Waals surface area contributed by atoms with Crippen LogP contribution in [0, 0.1) is 0 Å². The van der Waals surface area contributed by atoms with Crippen molar-refractivity contribution in [3.05, 3.63) is 51.2 Å². The summed E-state index contributed by atoms with van der Waals surface area (Å²) in [5, 5.41) is 0. The summed E-state index contributed by atoms with van der Waals surface area (Å²) in [6.07, 6.45) is 1.45. The van der Waals surface area contributed by atoms with Crippen LogP contribution >= 0.6 is 0 Å². The maximum absolute atomic E-state index is 11.2. The predicted octanol–water partition coefficient (Wildman–Crippen LogP) is 0.739. The topological polar surface area (TPSA) is 75.0 Å². The highest BCUT2D eigenvalue weighted by molar-refractivity contribution is 5.65. The van der Waals surface area contributed by atoms with E-state index in [1.165, 1.54) is 6.20 Å². The molecule has 0 spiro atoms. The molecule has 0 radical (unpaired) electrons. The third-order valence-electron chi connectivity index (χ3n) is 2.20. The minimum atomic E-state index is -0.677. The van der Waals surface area contributed by atoms with Crippen LogP contribution in [0.5, 0.6) is 5.75 Å². The van der Waals surface area contributed by atoms with Crippen LogP contribution in [0.15, 0.2) is 40.1 Å². The minimum Gasteiger partial charge on any atom is -0.496 e. The van der Waals surface area contributed by atoms with Gasteiger partial charge in [0.15, 0.2) is 0 Å². The number of benzene rings is 1. The summed E-state index contributed by atoms with van der Waals surface area (Å²) >= 11 is 0. The number of hydrogen-bond acceptors (Lipinski definition) is 3. The van der Waals surface area contributed by atoms with Gasteiger partial charge in [-0.25, -0.2) is 0 Å². The molecule has 0 saturated carbocycles. The first-order valence-electron chi connectivity index (χ1n) is 4.68. The van der Waals surface area contributed by atoms with Gasteiger partial charge < -0.3 is 14.7 Å². The van der Waals surface area contributed by atoms with Gasteiger partial charge in [-0.2, -0.15) is 0 Å². The molecule has 82 valence electrons. The normalized spacial score (nSPS) is 10.1. The molecule has 2 aromatic rings. The first-order chi connectivity index (χ1) is 7.72. The third kappa shape index (κ3) is 1.75. The van der Waals surface area contributed by atoms with E-state index in [4.69, 9.17) is 4.74 Å². The predicted molar refractivity (Wildman–Crippen MR) is 59.7 cm³/mol. The van der Waals surface area contributed by atoms with E-state index in [1.54, 1.807) is 19.2 Å². The molecule has 0 bridgehead atoms. The Morgan fingerprint density at radius 2 is 1.88 bits per heavy atom. The molecule has 1 aromatic carbocycles. The second kappa shape index (κ2) is 4.06. The fourth-order valence-electron chi connectivity index (χ4n) is 1.43. The number of para-hydroxylation sites is 1. The SMILES string of the molecule is COc1ccccc1-c1c[nH]c(=O)c(=O)[nH]1. The number of aromatic amines is 2. The van der Waals surface area contributed by atoms with Crippen molar-refractivity contribution >= 4 is 0 Å². The average molecular weight is 218 g/mol. The molecule has 2 rings (SSSR count). The maximum atomic E-state index is 11.2. The van der Waals surface area contributed by atoms with Crippen molar-refractivity contribution in [2.45, 2.75) is 0 Å². The van der Waals surface area contributed by atoms with Crippen LogP contribution in [0.3, 0.4) is 0 Å². The molecule has 5 heteroatoms. The second-order valence-corrected chi connectivity index (χ2v) is 3.19. The van der Waals surface area contributed by atoms with Crippen molar-refractivity contribution < 1.29 is 4.74 Å². The lowest BCUT2D eigenvalue weighted by molar-refractivity contribution is 0.416. The lowest BCUT2D eigenvalue weighted by Gasteiger charge is -2.06. The fraction of sp³-hybridized carbons (Fsp3) is 0.0909. The van der Waals surface area contributed by atoms with Crippen LogP contribution in [0.4, 0.5) is 0 Å². The first-order valence-corrected chi connectivity index (χ1v) is 4.68. The minimum absolute atomic E-state index is 0.516. The summed E-state index contributed by atoms with van der Waals surface area (Å²) in [6, 6.07) is 7.22. The Morgan fingerprint density at radius 3 is 2.56 bits per heavy atom. The summed E-state index contributed by atoms with van der Waals surface area (Å²) in [5.41, 5.74) is -0.109. The molecule has 0 aliphatic heterocycles. The molecular weight excluding hydrogens is 208 g/mol.